The minimum atomic E-state index is -4.95. The van der Waals surface area contributed by atoms with E-state index in [0.717, 1.165) is 12.1 Å². The summed E-state index contributed by atoms with van der Waals surface area (Å²) in [5, 5.41) is 10.9. The van der Waals surface area contributed by atoms with Gasteiger partial charge in [0.15, 0.2) is 11.2 Å². The second kappa shape index (κ2) is 6.82. The Morgan fingerprint density at radius 1 is 0.958 bits per heavy atom. The number of nitrogens with zero attached hydrogens (tertiary/aromatic N) is 1. The van der Waals surface area contributed by atoms with Crippen LogP contribution < -0.4 is 0 Å². The Bertz CT molecular complexity index is 717. The number of hydrogen-bond donors (Lipinski definition) is 0. The van der Waals surface area contributed by atoms with Crippen LogP contribution in [-0.4, -0.2) is 23.4 Å². The highest BCUT2D eigenvalue weighted by Gasteiger charge is 2.60. The Morgan fingerprint density at radius 3 is 1.92 bits per heavy atom. The van der Waals surface area contributed by atoms with Crippen molar-refractivity contribution in [1.29, 1.82) is 0 Å². The fraction of sp³-hybridized carbons (Fsp3) is 0.235. The van der Waals surface area contributed by atoms with Crippen LogP contribution in [0.1, 0.15) is 22.3 Å². The summed E-state index contributed by atoms with van der Waals surface area (Å²) in [6.45, 7) is -1.40. The Balaban J connectivity index is 2.53. The molecule has 0 aliphatic rings. The van der Waals surface area contributed by atoms with Gasteiger partial charge in [-0.15, -0.1) is 0 Å². The average Bonchev–Trinajstić information content (AvgIpc) is 2.54. The van der Waals surface area contributed by atoms with E-state index in [1.54, 1.807) is 6.07 Å². The molecule has 0 fully saturated rings. The summed E-state index contributed by atoms with van der Waals surface area (Å²) in [5.74, 6) is -0.793. The van der Waals surface area contributed by atoms with Gasteiger partial charge in [0.1, 0.15) is 0 Å². The van der Waals surface area contributed by atoms with E-state index in [0.29, 0.717) is 0 Å². The highest BCUT2D eigenvalue weighted by atomic mass is 19.4. The van der Waals surface area contributed by atoms with Gasteiger partial charge in [-0.25, -0.2) is 0 Å². The molecule has 0 aromatic heterocycles. The lowest BCUT2D eigenvalue weighted by Crippen LogP contribution is -2.49. The lowest BCUT2D eigenvalue weighted by molar-refractivity contribution is -0.501. The van der Waals surface area contributed by atoms with E-state index >= 15 is 0 Å². The third kappa shape index (κ3) is 3.61. The third-order valence-electron chi connectivity index (χ3n) is 3.83. The van der Waals surface area contributed by atoms with Crippen LogP contribution in [0.25, 0.3) is 0 Å². The van der Waals surface area contributed by atoms with Crippen LogP contribution in [0.4, 0.5) is 13.2 Å². The minimum absolute atomic E-state index is 0.0883. The maximum Gasteiger partial charge on any atom is 0.405 e. The van der Waals surface area contributed by atoms with E-state index in [9.17, 15) is 28.1 Å². The zero-order chi connectivity index (χ0) is 17.8. The molecule has 0 saturated heterocycles. The van der Waals surface area contributed by atoms with Crippen molar-refractivity contribution in [2.45, 2.75) is 18.0 Å². The molecule has 0 spiro atoms. The Hall–Kier alpha value is -2.70. The number of Topliss-reactive ketones (excluding diaryl/α,β-unsaturated/α-hetero) is 1. The number of alkyl halides is 3. The molecule has 0 radical (unpaired) electrons. The van der Waals surface area contributed by atoms with Gasteiger partial charge in [0, 0.05) is 16.9 Å². The average molecular weight is 337 g/mol. The van der Waals surface area contributed by atoms with Gasteiger partial charge in [0.05, 0.1) is 0 Å². The van der Waals surface area contributed by atoms with Gasteiger partial charge in [-0.1, -0.05) is 60.7 Å². The van der Waals surface area contributed by atoms with Gasteiger partial charge < -0.3 is 0 Å². The van der Waals surface area contributed by atoms with E-state index < -0.39 is 35.3 Å². The van der Waals surface area contributed by atoms with Crippen molar-refractivity contribution in [3.8, 4) is 0 Å². The van der Waals surface area contributed by atoms with Crippen molar-refractivity contribution in [2.75, 3.05) is 6.54 Å². The van der Waals surface area contributed by atoms with Crippen LogP contribution >= 0.6 is 0 Å². The molecule has 0 unspecified atom stereocenters. The first-order valence-corrected chi connectivity index (χ1v) is 7.08. The first-order chi connectivity index (χ1) is 11.3. The number of nitro groups is 1. The van der Waals surface area contributed by atoms with E-state index in [-0.39, 0.29) is 11.1 Å². The van der Waals surface area contributed by atoms with Crippen molar-refractivity contribution in [1.82, 2.24) is 0 Å². The monoisotopic (exact) mass is 337 g/mol. The third-order valence-corrected chi connectivity index (χ3v) is 3.83. The summed E-state index contributed by atoms with van der Waals surface area (Å²) >= 11 is 0. The summed E-state index contributed by atoms with van der Waals surface area (Å²) in [5.41, 5.74) is -3.08. The molecule has 4 nitrogen and oxygen atoms in total. The number of halogens is 3. The van der Waals surface area contributed by atoms with Gasteiger partial charge in [0.2, 0.25) is 6.54 Å². The molecule has 126 valence electrons. The van der Waals surface area contributed by atoms with E-state index in [1.807, 2.05) is 0 Å². The first-order valence-electron chi connectivity index (χ1n) is 7.08. The number of carbonyl (C=O) groups is 1. The number of hydrogen-bond acceptors (Lipinski definition) is 3. The maximum atomic E-state index is 13.8. The number of ketones is 1. The zero-order valence-corrected chi connectivity index (χ0v) is 12.5. The van der Waals surface area contributed by atoms with Crippen LogP contribution in [0.5, 0.6) is 0 Å². The van der Waals surface area contributed by atoms with E-state index in [1.165, 1.54) is 42.5 Å². The van der Waals surface area contributed by atoms with Gasteiger partial charge in [0.25, 0.3) is 0 Å². The molecule has 0 aliphatic heterocycles. The van der Waals surface area contributed by atoms with Crippen LogP contribution in [0.3, 0.4) is 0 Å². The van der Waals surface area contributed by atoms with Crippen LogP contribution in [0.2, 0.25) is 0 Å². The maximum absolute atomic E-state index is 13.8. The summed E-state index contributed by atoms with van der Waals surface area (Å²) in [7, 11) is 0. The topological polar surface area (TPSA) is 60.2 Å². The fourth-order valence-electron chi connectivity index (χ4n) is 2.58. The highest BCUT2D eigenvalue weighted by Crippen LogP contribution is 2.44. The van der Waals surface area contributed by atoms with Crippen molar-refractivity contribution >= 4 is 5.78 Å². The molecule has 2 aromatic rings. The van der Waals surface area contributed by atoms with Crippen molar-refractivity contribution in [3.63, 3.8) is 0 Å². The van der Waals surface area contributed by atoms with Crippen LogP contribution in [0, 0.1) is 10.1 Å². The molecule has 0 amide bonds. The molecule has 0 N–H and O–H groups in total. The van der Waals surface area contributed by atoms with Crippen molar-refractivity contribution < 1.29 is 22.9 Å². The number of carbonyl (C=O) groups excluding carboxylic acids is 1. The zero-order valence-electron chi connectivity index (χ0n) is 12.5. The lowest BCUT2D eigenvalue weighted by atomic mass is 9.74. The minimum Gasteiger partial charge on any atom is -0.294 e. The predicted molar refractivity (Wildman–Crippen MR) is 81.4 cm³/mol. The van der Waals surface area contributed by atoms with Gasteiger partial charge in [-0.3, -0.25) is 14.9 Å². The number of benzene rings is 2. The molecule has 0 saturated carbocycles. The summed E-state index contributed by atoms with van der Waals surface area (Å²) in [6.07, 6.45) is -5.97. The molecular weight excluding hydrogens is 323 g/mol. The molecule has 0 aliphatic carbocycles. The Kier molecular flexibility index (Phi) is 5.02. The smallest absolute Gasteiger partial charge is 0.294 e. The first kappa shape index (κ1) is 17.7. The summed E-state index contributed by atoms with van der Waals surface area (Å²) < 4.78 is 41.5. The van der Waals surface area contributed by atoms with E-state index in [2.05, 4.69) is 0 Å². The Labute approximate surface area is 136 Å². The SMILES string of the molecule is O=C(C[C@@](C[N+](=O)[O-])(c1ccccc1)C(F)(F)F)c1ccccc1. The second-order valence-corrected chi connectivity index (χ2v) is 5.40. The standard InChI is InChI=1S/C17H14F3NO3/c18-17(19,20)16(12-21(23)24,14-9-5-2-6-10-14)11-15(22)13-7-3-1-4-8-13/h1-10H,11-12H2/t16-/m1/s1. The van der Waals surface area contributed by atoms with Gasteiger partial charge in [-0.2, -0.15) is 13.2 Å². The largest absolute Gasteiger partial charge is 0.405 e. The quantitative estimate of drug-likeness (QED) is 0.454. The van der Waals surface area contributed by atoms with Gasteiger partial charge >= 0.3 is 6.18 Å². The molecular formula is C17H14F3NO3. The lowest BCUT2D eigenvalue weighted by Gasteiger charge is -2.32. The second-order valence-electron chi connectivity index (χ2n) is 5.40. The molecule has 7 heteroatoms. The van der Waals surface area contributed by atoms with E-state index in [4.69, 9.17) is 0 Å². The molecule has 0 bridgehead atoms. The fourth-order valence-corrected chi connectivity index (χ4v) is 2.58. The normalized spacial score (nSPS) is 14.0. The van der Waals surface area contributed by atoms with Crippen LogP contribution in [0.15, 0.2) is 60.7 Å². The summed E-state index contributed by atoms with van der Waals surface area (Å²) in [4.78, 5) is 22.3. The molecule has 0 heterocycles. The van der Waals surface area contributed by atoms with Crippen molar-refractivity contribution in [2.24, 2.45) is 0 Å². The molecule has 24 heavy (non-hydrogen) atoms. The summed E-state index contributed by atoms with van der Waals surface area (Å²) in [6, 6.07) is 14.0. The van der Waals surface area contributed by atoms with Crippen molar-refractivity contribution in [3.05, 3.63) is 81.9 Å². The van der Waals surface area contributed by atoms with Crippen LogP contribution in [-0.2, 0) is 5.41 Å². The van der Waals surface area contributed by atoms with Gasteiger partial charge in [-0.05, 0) is 5.56 Å². The highest BCUT2D eigenvalue weighted by molar-refractivity contribution is 5.97. The Morgan fingerprint density at radius 2 is 1.46 bits per heavy atom. The predicted octanol–water partition coefficient (Wildman–Crippen LogP) is 4.04. The molecule has 2 aromatic carbocycles. The number of rotatable bonds is 6. The molecule has 2 rings (SSSR count). The molecule has 1 atom stereocenters.